The number of halogens is 1. The van der Waals surface area contributed by atoms with Crippen molar-refractivity contribution < 1.29 is 18.7 Å². The summed E-state index contributed by atoms with van der Waals surface area (Å²) in [6.07, 6.45) is -0.811. The number of carbonyl (C=O) groups is 2. The SMILES string of the molecule is C[C@H](C#N)OC(=O)[C@@H](C)SCC(=O)Nc1ccc(F)cc1. The van der Waals surface area contributed by atoms with Gasteiger partial charge in [-0.2, -0.15) is 5.26 Å². The fourth-order valence-corrected chi connectivity index (χ4v) is 1.96. The van der Waals surface area contributed by atoms with Gasteiger partial charge in [-0.1, -0.05) is 0 Å². The number of anilines is 1. The Morgan fingerprint density at radius 3 is 2.57 bits per heavy atom. The first-order valence-corrected chi connectivity index (χ1v) is 7.24. The van der Waals surface area contributed by atoms with Gasteiger partial charge in [0.2, 0.25) is 5.91 Å². The molecule has 0 saturated heterocycles. The highest BCUT2D eigenvalue weighted by Crippen LogP contribution is 2.14. The van der Waals surface area contributed by atoms with E-state index in [-0.39, 0.29) is 17.5 Å². The molecule has 0 heterocycles. The van der Waals surface area contributed by atoms with Crippen molar-refractivity contribution in [1.29, 1.82) is 5.26 Å². The first-order chi connectivity index (χ1) is 9.92. The molecule has 0 radical (unpaired) electrons. The fraction of sp³-hybridized carbons (Fsp3) is 0.357. The van der Waals surface area contributed by atoms with E-state index in [0.29, 0.717) is 5.69 Å². The number of esters is 1. The summed E-state index contributed by atoms with van der Waals surface area (Å²) in [6, 6.07) is 7.17. The predicted octanol–water partition coefficient (Wildman–Crippen LogP) is 2.34. The summed E-state index contributed by atoms with van der Waals surface area (Å²) >= 11 is 1.10. The maximum atomic E-state index is 12.7. The van der Waals surface area contributed by atoms with Gasteiger partial charge in [-0.05, 0) is 38.1 Å². The number of hydrogen-bond acceptors (Lipinski definition) is 5. The van der Waals surface area contributed by atoms with Crippen molar-refractivity contribution in [1.82, 2.24) is 0 Å². The van der Waals surface area contributed by atoms with E-state index in [4.69, 9.17) is 10.00 Å². The number of benzene rings is 1. The van der Waals surface area contributed by atoms with Gasteiger partial charge in [0.1, 0.15) is 17.1 Å². The Morgan fingerprint density at radius 1 is 1.38 bits per heavy atom. The second kappa shape index (κ2) is 8.27. The van der Waals surface area contributed by atoms with Crippen LogP contribution in [0.3, 0.4) is 0 Å². The van der Waals surface area contributed by atoms with Crippen LogP contribution >= 0.6 is 11.8 Å². The molecule has 0 aliphatic heterocycles. The number of nitrogens with one attached hydrogen (secondary N) is 1. The van der Waals surface area contributed by atoms with Crippen molar-refractivity contribution >= 4 is 29.3 Å². The number of thioether (sulfide) groups is 1. The minimum atomic E-state index is -0.811. The highest BCUT2D eigenvalue weighted by atomic mass is 32.2. The molecule has 0 bridgehead atoms. The van der Waals surface area contributed by atoms with Crippen LogP contribution in [0.25, 0.3) is 0 Å². The number of nitrogens with zero attached hydrogens (tertiary/aromatic N) is 1. The normalized spacial score (nSPS) is 12.9. The van der Waals surface area contributed by atoms with Gasteiger partial charge >= 0.3 is 5.97 Å². The van der Waals surface area contributed by atoms with Crippen LogP contribution in [0.15, 0.2) is 24.3 Å². The zero-order chi connectivity index (χ0) is 15.8. The molecule has 0 unspecified atom stereocenters. The summed E-state index contributed by atoms with van der Waals surface area (Å²) in [5, 5.41) is 10.6. The van der Waals surface area contributed by atoms with E-state index < -0.39 is 17.3 Å². The third kappa shape index (κ3) is 6.27. The number of hydrogen-bond donors (Lipinski definition) is 1. The van der Waals surface area contributed by atoms with Crippen LogP contribution in [0.1, 0.15) is 13.8 Å². The molecule has 1 amide bonds. The molecular weight excluding hydrogens is 295 g/mol. The molecule has 0 aliphatic rings. The number of nitriles is 1. The molecule has 1 aromatic rings. The summed E-state index contributed by atoms with van der Waals surface area (Å²) in [6.45, 7) is 3.07. The van der Waals surface area contributed by atoms with Gasteiger partial charge in [0.15, 0.2) is 6.10 Å². The third-order valence-electron chi connectivity index (χ3n) is 2.40. The molecule has 112 valence electrons. The zero-order valence-electron chi connectivity index (χ0n) is 11.6. The Bertz CT molecular complexity index is 542. The fourth-order valence-electron chi connectivity index (χ4n) is 1.30. The van der Waals surface area contributed by atoms with E-state index in [2.05, 4.69) is 5.32 Å². The standard InChI is InChI=1S/C14H15FN2O3S/c1-9(7-16)20-14(19)10(2)21-8-13(18)17-12-5-3-11(15)4-6-12/h3-6,9-10H,8H2,1-2H3,(H,17,18)/t9-,10-/m1/s1. The topological polar surface area (TPSA) is 79.2 Å². The van der Waals surface area contributed by atoms with Crippen LogP contribution in [-0.2, 0) is 14.3 Å². The van der Waals surface area contributed by atoms with Gasteiger partial charge < -0.3 is 10.1 Å². The molecular formula is C14H15FN2O3S. The van der Waals surface area contributed by atoms with Gasteiger partial charge in [-0.3, -0.25) is 9.59 Å². The van der Waals surface area contributed by atoms with E-state index in [1.165, 1.54) is 31.2 Å². The van der Waals surface area contributed by atoms with Crippen molar-refractivity contribution in [2.45, 2.75) is 25.2 Å². The van der Waals surface area contributed by atoms with Crippen LogP contribution in [-0.4, -0.2) is 29.0 Å². The van der Waals surface area contributed by atoms with Gasteiger partial charge in [0.05, 0.1) is 5.75 Å². The van der Waals surface area contributed by atoms with E-state index in [1.54, 1.807) is 13.0 Å². The van der Waals surface area contributed by atoms with E-state index in [1.807, 2.05) is 0 Å². The highest BCUT2D eigenvalue weighted by molar-refractivity contribution is 8.01. The van der Waals surface area contributed by atoms with Crippen molar-refractivity contribution in [3.8, 4) is 6.07 Å². The molecule has 2 atom stereocenters. The summed E-state index contributed by atoms with van der Waals surface area (Å²) in [5.41, 5.74) is 0.482. The lowest BCUT2D eigenvalue weighted by atomic mass is 10.3. The summed E-state index contributed by atoms with van der Waals surface area (Å²) in [5.74, 6) is -1.18. The van der Waals surface area contributed by atoms with E-state index >= 15 is 0 Å². The second-order valence-electron chi connectivity index (χ2n) is 4.22. The molecule has 0 aromatic heterocycles. The van der Waals surface area contributed by atoms with Crippen molar-refractivity contribution in [3.05, 3.63) is 30.1 Å². The maximum Gasteiger partial charge on any atom is 0.320 e. The Morgan fingerprint density at radius 2 is 2.00 bits per heavy atom. The molecule has 0 saturated carbocycles. The number of ether oxygens (including phenoxy) is 1. The molecule has 7 heteroatoms. The number of rotatable bonds is 6. The average molecular weight is 310 g/mol. The first kappa shape index (κ1) is 17.0. The summed E-state index contributed by atoms with van der Waals surface area (Å²) in [4.78, 5) is 23.2. The molecule has 0 fully saturated rings. The van der Waals surface area contributed by atoms with Crippen LogP contribution in [0.4, 0.5) is 10.1 Å². The largest absolute Gasteiger partial charge is 0.446 e. The minimum absolute atomic E-state index is 0.0502. The van der Waals surface area contributed by atoms with E-state index in [9.17, 15) is 14.0 Å². The first-order valence-electron chi connectivity index (χ1n) is 6.19. The lowest BCUT2D eigenvalue weighted by molar-refractivity contribution is -0.144. The van der Waals surface area contributed by atoms with Crippen molar-refractivity contribution in [3.63, 3.8) is 0 Å². The van der Waals surface area contributed by atoms with Gasteiger partial charge in [-0.25, -0.2) is 4.39 Å². The maximum absolute atomic E-state index is 12.7. The Balaban J connectivity index is 2.37. The molecule has 5 nitrogen and oxygen atoms in total. The second-order valence-corrected chi connectivity index (χ2v) is 5.55. The third-order valence-corrected chi connectivity index (χ3v) is 3.52. The minimum Gasteiger partial charge on any atom is -0.446 e. The zero-order valence-corrected chi connectivity index (χ0v) is 12.4. The van der Waals surface area contributed by atoms with Crippen molar-refractivity contribution in [2.75, 3.05) is 11.1 Å². The van der Waals surface area contributed by atoms with Gasteiger partial charge in [0, 0.05) is 5.69 Å². The predicted molar refractivity (Wildman–Crippen MR) is 78.1 cm³/mol. The lowest BCUT2D eigenvalue weighted by Crippen LogP contribution is -2.24. The Labute approximate surface area is 126 Å². The molecule has 1 N–H and O–H groups in total. The Kier molecular flexibility index (Phi) is 6.69. The number of amides is 1. The summed E-state index contributed by atoms with van der Waals surface area (Å²) < 4.78 is 17.5. The lowest BCUT2D eigenvalue weighted by Gasteiger charge is -2.12. The highest BCUT2D eigenvalue weighted by Gasteiger charge is 2.18. The van der Waals surface area contributed by atoms with Crippen LogP contribution in [0, 0.1) is 17.1 Å². The molecule has 1 rings (SSSR count). The molecule has 0 aliphatic carbocycles. The molecule has 1 aromatic carbocycles. The summed E-state index contributed by atoms with van der Waals surface area (Å²) in [7, 11) is 0. The Hall–Kier alpha value is -2.07. The van der Waals surface area contributed by atoms with Gasteiger partial charge in [-0.15, -0.1) is 11.8 Å². The smallest absolute Gasteiger partial charge is 0.320 e. The molecule has 21 heavy (non-hydrogen) atoms. The van der Waals surface area contributed by atoms with Crippen LogP contribution in [0.2, 0.25) is 0 Å². The number of carbonyl (C=O) groups excluding carboxylic acids is 2. The van der Waals surface area contributed by atoms with Crippen LogP contribution < -0.4 is 5.32 Å². The van der Waals surface area contributed by atoms with Gasteiger partial charge in [0.25, 0.3) is 0 Å². The quantitative estimate of drug-likeness (QED) is 0.816. The van der Waals surface area contributed by atoms with Crippen molar-refractivity contribution in [2.24, 2.45) is 0 Å². The van der Waals surface area contributed by atoms with E-state index in [0.717, 1.165) is 11.8 Å². The average Bonchev–Trinajstić information content (AvgIpc) is 2.46. The molecule has 0 spiro atoms. The monoisotopic (exact) mass is 310 g/mol. The van der Waals surface area contributed by atoms with Crippen LogP contribution in [0.5, 0.6) is 0 Å².